The molecular weight excluding hydrogens is 192 g/mol. The molecule has 2 rings (SSSR count). The van der Waals surface area contributed by atoms with Gasteiger partial charge in [0.15, 0.2) is 5.58 Å². The van der Waals surface area contributed by atoms with E-state index in [1.165, 1.54) is 0 Å². The number of anilines is 1. The highest BCUT2D eigenvalue weighted by Gasteiger charge is 2.06. The second-order valence-corrected chi connectivity index (χ2v) is 3.30. The van der Waals surface area contributed by atoms with E-state index in [-0.39, 0.29) is 5.91 Å². The van der Waals surface area contributed by atoms with Crippen molar-refractivity contribution in [2.24, 2.45) is 0 Å². The van der Waals surface area contributed by atoms with E-state index in [0.29, 0.717) is 17.9 Å². The van der Waals surface area contributed by atoms with E-state index < -0.39 is 0 Å². The predicted octanol–water partition coefficient (Wildman–Crippen LogP) is 2.57. The van der Waals surface area contributed by atoms with Crippen LogP contribution in [0.3, 0.4) is 0 Å². The lowest BCUT2D eigenvalue weighted by Crippen LogP contribution is -2.09. The molecule has 4 nitrogen and oxygen atoms in total. The Morgan fingerprint density at radius 3 is 3.20 bits per heavy atom. The lowest BCUT2D eigenvalue weighted by Gasteiger charge is -1.97. The quantitative estimate of drug-likeness (QED) is 0.835. The molecule has 0 fully saturated rings. The fourth-order valence-electron chi connectivity index (χ4n) is 1.36. The Bertz CT molecular complexity index is 443. The molecule has 2 heterocycles. The van der Waals surface area contributed by atoms with E-state index in [1.807, 2.05) is 13.0 Å². The summed E-state index contributed by atoms with van der Waals surface area (Å²) in [5.74, 6) is 0.429. The maximum absolute atomic E-state index is 11.3. The number of aromatic nitrogens is 1. The molecule has 0 aliphatic rings. The molecule has 0 bridgehead atoms. The number of pyridine rings is 1. The van der Waals surface area contributed by atoms with Crippen LogP contribution in [-0.4, -0.2) is 10.9 Å². The Morgan fingerprint density at radius 2 is 2.47 bits per heavy atom. The molecule has 78 valence electrons. The molecule has 0 unspecified atom stereocenters. The topological polar surface area (TPSA) is 55.1 Å². The van der Waals surface area contributed by atoms with Crippen LogP contribution in [0.5, 0.6) is 0 Å². The first-order valence-corrected chi connectivity index (χ1v) is 4.94. The molecule has 0 spiro atoms. The number of furan rings is 1. The van der Waals surface area contributed by atoms with E-state index in [0.717, 1.165) is 11.9 Å². The van der Waals surface area contributed by atoms with Gasteiger partial charge in [0, 0.05) is 18.7 Å². The number of nitrogens with zero attached hydrogens (tertiary/aromatic N) is 1. The minimum absolute atomic E-state index is 0.0310. The summed E-state index contributed by atoms with van der Waals surface area (Å²) in [6.45, 7) is 1.96. The smallest absolute Gasteiger partial charge is 0.226 e. The van der Waals surface area contributed by atoms with Gasteiger partial charge in [-0.3, -0.25) is 15.1 Å². The molecule has 0 saturated heterocycles. The van der Waals surface area contributed by atoms with Crippen molar-refractivity contribution in [1.82, 2.24) is 4.98 Å². The number of hydrogen-bond donors (Lipinski definition) is 1. The second-order valence-electron chi connectivity index (χ2n) is 3.30. The Morgan fingerprint density at radius 1 is 1.60 bits per heavy atom. The van der Waals surface area contributed by atoms with Gasteiger partial charge < -0.3 is 4.42 Å². The molecule has 1 N–H and O–H groups in total. The average Bonchev–Trinajstić information content (AvgIpc) is 2.59. The number of rotatable bonds is 3. The number of amides is 1. The van der Waals surface area contributed by atoms with E-state index in [1.54, 1.807) is 18.3 Å². The highest BCUT2D eigenvalue weighted by Crippen LogP contribution is 2.20. The van der Waals surface area contributed by atoms with Crippen LogP contribution < -0.4 is 5.32 Å². The average molecular weight is 204 g/mol. The predicted molar refractivity (Wildman–Crippen MR) is 57.5 cm³/mol. The lowest BCUT2D eigenvalue weighted by atomic mass is 10.3. The summed E-state index contributed by atoms with van der Waals surface area (Å²) in [5, 5.41) is 2.69. The number of carbonyl (C=O) groups is 1. The largest absolute Gasteiger partial charge is 0.439 e. The van der Waals surface area contributed by atoms with Crippen LogP contribution in [0, 0.1) is 0 Å². The van der Waals surface area contributed by atoms with Crippen molar-refractivity contribution in [2.75, 3.05) is 5.32 Å². The zero-order valence-electron chi connectivity index (χ0n) is 8.49. The van der Waals surface area contributed by atoms with Gasteiger partial charge in [-0.25, -0.2) is 0 Å². The molecule has 0 aliphatic heterocycles. The van der Waals surface area contributed by atoms with Crippen molar-refractivity contribution in [3.63, 3.8) is 0 Å². The van der Waals surface area contributed by atoms with Gasteiger partial charge >= 0.3 is 0 Å². The molecule has 0 saturated carbocycles. The molecule has 2 aromatic rings. The maximum atomic E-state index is 11.3. The Kier molecular flexibility index (Phi) is 2.67. The molecule has 0 atom stereocenters. The van der Waals surface area contributed by atoms with Crippen LogP contribution in [0.15, 0.2) is 28.8 Å². The maximum Gasteiger partial charge on any atom is 0.226 e. The number of hydrogen-bond acceptors (Lipinski definition) is 3. The minimum Gasteiger partial charge on any atom is -0.439 e. The van der Waals surface area contributed by atoms with Gasteiger partial charge in [0.05, 0.1) is 0 Å². The monoisotopic (exact) mass is 204 g/mol. The van der Waals surface area contributed by atoms with Crippen molar-refractivity contribution in [3.05, 3.63) is 24.4 Å². The van der Waals surface area contributed by atoms with Crippen molar-refractivity contribution in [1.29, 1.82) is 0 Å². The lowest BCUT2D eigenvalue weighted by molar-refractivity contribution is -0.116. The summed E-state index contributed by atoms with van der Waals surface area (Å²) in [4.78, 5) is 15.4. The third-order valence-corrected chi connectivity index (χ3v) is 2.03. The van der Waals surface area contributed by atoms with Gasteiger partial charge in [0.2, 0.25) is 11.8 Å². The summed E-state index contributed by atoms with van der Waals surface area (Å²) in [6, 6.07) is 5.34. The first-order chi connectivity index (χ1) is 7.29. The van der Waals surface area contributed by atoms with Crippen LogP contribution >= 0.6 is 0 Å². The zero-order chi connectivity index (χ0) is 10.7. The van der Waals surface area contributed by atoms with E-state index in [4.69, 9.17) is 4.42 Å². The highest BCUT2D eigenvalue weighted by atomic mass is 16.4. The van der Waals surface area contributed by atoms with Gasteiger partial charge in [-0.15, -0.1) is 0 Å². The fraction of sp³-hybridized carbons (Fsp3) is 0.273. The first-order valence-electron chi connectivity index (χ1n) is 4.94. The van der Waals surface area contributed by atoms with Gasteiger partial charge in [-0.1, -0.05) is 6.92 Å². The Balaban J connectivity index is 2.18. The van der Waals surface area contributed by atoms with Crippen LogP contribution in [0.4, 0.5) is 5.88 Å². The molecule has 1 amide bonds. The third kappa shape index (κ3) is 2.15. The SMILES string of the molecule is CCCC(=O)Nc1cc2ncccc2o1. The Labute approximate surface area is 87.3 Å². The molecule has 2 aromatic heterocycles. The number of fused-ring (bicyclic) bond motifs is 1. The van der Waals surface area contributed by atoms with Crippen LogP contribution in [0.2, 0.25) is 0 Å². The zero-order valence-corrected chi connectivity index (χ0v) is 8.49. The van der Waals surface area contributed by atoms with Gasteiger partial charge in [-0.2, -0.15) is 0 Å². The van der Waals surface area contributed by atoms with Gasteiger partial charge in [0.1, 0.15) is 5.52 Å². The van der Waals surface area contributed by atoms with Crippen molar-refractivity contribution >= 4 is 22.9 Å². The summed E-state index contributed by atoms with van der Waals surface area (Å²) in [6.07, 6.45) is 3.02. The fourth-order valence-corrected chi connectivity index (χ4v) is 1.36. The van der Waals surface area contributed by atoms with Gasteiger partial charge in [0.25, 0.3) is 0 Å². The molecule has 0 aromatic carbocycles. The second kappa shape index (κ2) is 4.13. The van der Waals surface area contributed by atoms with Crippen molar-refractivity contribution in [2.45, 2.75) is 19.8 Å². The van der Waals surface area contributed by atoms with E-state index in [2.05, 4.69) is 10.3 Å². The van der Waals surface area contributed by atoms with Crippen molar-refractivity contribution in [3.8, 4) is 0 Å². The van der Waals surface area contributed by atoms with Crippen LogP contribution in [0.1, 0.15) is 19.8 Å². The molecule has 15 heavy (non-hydrogen) atoms. The normalized spacial score (nSPS) is 10.5. The molecule has 0 radical (unpaired) electrons. The van der Waals surface area contributed by atoms with Gasteiger partial charge in [-0.05, 0) is 18.6 Å². The highest BCUT2D eigenvalue weighted by molar-refractivity contribution is 5.91. The summed E-state index contributed by atoms with van der Waals surface area (Å²) in [5.41, 5.74) is 1.44. The minimum atomic E-state index is -0.0310. The molecule has 0 aliphatic carbocycles. The van der Waals surface area contributed by atoms with Crippen LogP contribution in [0.25, 0.3) is 11.1 Å². The number of carbonyl (C=O) groups excluding carboxylic acids is 1. The molecular formula is C11H12N2O2. The molecule has 4 heteroatoms. The van der Waals surface area contributed by atoms with E-state index in [9.17, 15) is 4.79 Å². The van der Waals surface area contributed by atoms with Crippen LogP contribution in [-0.2, 0) is 4.79 Å². The standard InChI is InChI=1S/C11H12N2O2/c1-2-4-10(14)13-11-7-8-9(15-11)5-3-6-12-8/h3,5-7H,2,4H2,1H3,(H,13,14). The third-order valence-electron chi connectivity index (χ3n) is 2.03. The van der Waals surface area contributed by atoms with E-state index >= 15 is 0 Å². The number of nitrogens with one attached hydrogen (secondary N) is 1. The summed E-state index contributed by atoms with van der Waals surface area (Å²) < 4.78 is 5.39. The summed E-state index contributed by atoms with van der Waals surface area (Å²) in [7, 11) is 0. The first kappa shape index (κ1) is 9.71. The Hall–Kier alpha value is -1.84. The summed E-state index contributed by atoms with van der Waals surface area (Å²) >= 11 is 0. The van der Waals surface area contributed by atoms with Crippen molar-refractivity contribution < 1.29 is 9.21 Å².